The van der Waals surface area contributed by atoms with Crippen molar-refractivity contribution >= 4 is 5.97 Å². The first-order valence-corrected chi connectivity index (χ1v) is 13.3. The van der Waals surface area contributed by atoms with Gasteiger partial charge in [0.05, 0.1) is 6.61 Å². The molecule has 0 saturated heterocycles. The monoisotopic (exact) mass is 486 g/mol. The van der Waals surface area contributed by atoms with Crippen LogP contribution in [0.2, 0.25) is 0 Å². The van der Waals surface area contributed by atoms with Gasteiger partial charge >= 0.3 is 5.97 Å². The number of hydrogen-bond acceptors (Lipinski definition) is 3. The Labute approximate surface area is 215 Å². The Kier molecular flexibility index (Phi) is 8.82. The Morgan fingerprint density at radius 1 is 0.806 bits per heavy atom. The van der Waals surface area contributed by atoms with E-state index in [0.29, 0.717) is 24.7 Å². The summed E-state index contributed by atoms with van der Waals surface area (Å²) in [6, 6.07) is 24.8. The van der Waals surface area contributed by atoms with Crippen LogP contribution in [0.25, 0.3) is 11.1 Å². The number of carbonyl (C=O) groups is 1. The van der Waals surface area contributed by atoms with Gasteiger partial charge in [0.1, 0.15) is 5.75 Å². The maximum Gasteiger partial charge on any atom is 0.340 e. The van der Waals surface area contributed by atoms with Crippen LogP contribution in [0.3, 0.4) is 0 Å². The van der Waals surface area contributed by atoms with Gasteiger partial charge in [-0.2, -0.15) is 0 Å². The van der Waals surface area contributed by atoms with Crippen molar-refractivity contribution < 1.29 is 19.4 Å². The van der Waals surface area contributed by atoms with Crippen molar-refractivity contribution in [3.63, 3.8) is 0 Å². The molecule has 36 heavy (non-hydrogen) atoms. The molecule has 0 amide bonds. The van der Waals surface area contributed by atoms with E-state index in [1.54, 1.807) is 6.92 Å². The first-order chi connectivity index (χ1) is 17.5. The summed E-state index contributed by atoms with van der Waals surface area (Å²) in [4.78, 5) is 12.0. The lowest BCUT2D eigenvalue weighted by Gasteiger charge is -2.26. The van der Waals surface area contributed by atoms with Gasteiger partial charge in [0.15, 0.2) is 5.60 Å². The Hall–Kier alpha value is -3.11. The minimum absolute atomic E-state index is 0.441. The van der Waals surface area contributed by atoms with Crippen molar-refractivity contribution in [3.05, 3.63) is 89.5 Å². The molecule has 3 aromatic rings. The number of fused-ring (bicyclic) bond motifs is 3. The number of benzene rings is 3. The van der Waals surface area contributed by atoms with Gasteiger partial charge in [-0.15, -0.1) is 0 Å². The average Bonchev–Trinajstić information content (AvgIpc) is 3.22. The summed E-state index contributed by atoms with van der Waals surface area (Å²) in [5.41, 5.74) is 4.89. The van der Waals surface area contributed by atoms with E-state index < -0.39 is 11.6 Å². The summed E-state index contributed by atoms with van der Waals surface area (Å²) in [6.45, 7) is 4.86. The number of unbranched alkanes of at least 4 members (excludes halogenated alkanes) is 4. The number of carboxylic acid groups (broad SMARTS) is 1. The second-order valence-electron chi connectivity index (χ2n) is 9.84. The molecule has 4 nitrogen and oxygen atoms in total. The molecule has 0 aromatic heterocycles. The van der Waals surface area contributed by atoms with E-state index in [2.05, 4.69) is 55.5 Å². The van der Waals surface area contributed by atoms with E-state index in [1.807, 2.05) is 24.3 Å². The predicted molar refractivity (Wildman–Crippen MR) is 145 cm³/mol. The Morgan fingerprint density at radius 3 is 2.03 bits per heavy atom. The van der Waals surface area contributed by atoms with Crippen molar-refractivity contribution in [1.82, 2.24) is 0 Å². The normalized spacial score (nSPS) is 14.2. The van der Waals surface area contributed by atoms with Crippen LogP contribution < -0.4 is 4.74 Å². The predicted octanol–water partition coefficient (Wildman–Crippen LogP) is 7.94. The van der Waals surface area contributed by atoms with Gasteiger partial charge < -0.3 is 14.6 Å². The summed E-state index contributed by atoms with van der Waals surface area (Å²) in [5, 5.41) is 9.81. The lowest BCUT2D eigenvalue weighted by Crippen LogP contribution is -2.35. The van der Waals surface area contributed by atoms with E-state index in [4.69, 9.17) is 9.47 Å². The standard InChI is InChI=1S/C32H38O4/c1-3-4-5-11-23-36-32(2,31(33)34)24-18-20-25(21-19-24)35-22-12-10-17-30-28-15-8-6-13-26(28)27-14-7-9-16-29(27)30/h6-9,13-16,18-21,30H,3-5,10-12,17,22-23H2,1-2H3,(H,33,34). The average molecular weight is 487 g/mol. The zero-order valence-electron chi connectivity index (χ0n) is 21.5. The molecule has 4 rings (SSSR count). The van der Waals surface area contributed by atoms with Crippen molar-refractivity contribution in [2.45, 2.75) is 70.3 Å². The highest BCUT2D eigenvalue weighted by atomic mass is 16.5. The van der Waals surface area contributed by atoms with Crippen LogP contribution in [0.1, 0.15) is 81.4 Å². The second-order valence-corrected chi connectivity index (χ2v) is 9.84. The van der Waals surface area contributed by atoms with Crippen molar-refractivity contribution in [2.75, 3.05) is 13.2 Å². The number of aliphatic carboxylic acids is 1. The van der Waals surface area contributed by atoms with Crippen molar-refractivity contribution in [2.24, 2.45) is 0 Å². The molecule has 0 spiro atoms. The van der Waals surface area contributed by atoms with Crippen LogP contribution in [0.5, 0.6) is 5.75 Å². The third-order valence-corrected chi connectivity index (χ3v) is 7.32. The van der Waals surface area contributed by atoms with Gasteiger partial charge in [0, 0.05) is 12.5 Å². The van der Waals surface area contributed by atoms with Crippen LogP contribution in [0, 0.1) is 0 Å². The van der Waals surface area contributed by atoms with Crippen molar-refractivity contribution in [1.29, 1.82) is 0 Å². The van der Waals surface area contributed by atoms with Gasteiger partial charge in [-0.3, -0.25) is 0 Å². The Morgan fingerprint density at radius 2 is 1.42 bits per heavy atom. The third-order valence-electron chi connectivity index (χ3n) is 7.32. The fourth-order valence-corrected chi connectivity index (χ4v) is 5.15. The van der Waals surface area contributed by atoms with E-state index in [9.17, 15) is 9.90 Å². The lowest BCUT2D eigenvalue weighted by atomic mass is 9.92. The summed E-state index contributed by atoms with van der Waals surface area (Å²) >= 11 is 0. The fourth-order valence-electron chi connectivity index (χ4n) is 5.15. The van der Waals surface area contributed by atoms with E-state index in [1.165, 1.54) is 22.3 Å². The molecular formula is C32H38O4. The zero-order valence-corrected chi connectivity index (χ0v) is 21.5. The summed E-state index contributed by atoms with van der Waals surface area (Å²) in [6.07, 6.45) is 7.35. The molecule has 1 aliphatic rings. The van der Waals surface area contributed by atoms with E-state index in [0.717, 1.165) is 50.7 Å². The number of carboxylic acids is 1. The molecular weight excluding hydrogens is 448 g/mol. The van der Waals surface area contributed by atoms with Crippen LogP contribution in [-0.2, 0) is 15.1 Å². The molecule has 190 valence electrons. The highest BCUT2D eigenvalue weighted by Crippen LogP contribution is 2.46. The molecule has 1 atom stereocenters. The zero-order chi connectivity index (χ0) is 25.4. The molecule has 4 heteroatoms. The van der Waals surface area contributed by atoms with E-state index >= 15 is 0 Å². The Balaban J connectivity index is 1.26. The first-order valence-electron chi connectivity index (χ1n) is 13.3. The molecule has 1 N–H and O–H groups in total. The molecule has 0 bridgehead atoms. The van der Waals surface area contributed by atoms with Gasteiger partial charge in [-0.05, 0) is 72.6 Å². The molecule has 1 unspecified atom stereocenters. The number of ether oxygens (including phenoxy) is 2. The van der Waals surface area contributed by atoms with Crippen LogP contribution in [0.4, 0.5) is 0 Å². The first kappa shape index (κ1) is 26.0. The van der Waals surface area contributed by atoms with Gasteiger partial charge in [0.2, 0.25) is 0 Å². The minimum Gasteiger partial charge on any atom is -0.494 e. The SMILES string of the molecule is CCCCCCOC(C)(C(=O)O)c1ccc(OCCCCC2c3ccccc3-c3ccccc32)cc1. The molecule has 0 saturated carbocycles. The lowest BCUT2D eigenvalue weighted by molar-refractivity contribution is -0.165. The van der Waals surface area contributed by atoms with E-state index in [-0.39, 0.29) is 0 Å². The fraction of sp³-hybridized carbons (Fsp3) is 0.406. The third kappa shape index (κ3) is 5.82. The summed E-state index contributed by atoms with van der Waals surface area (Å²) < 4.78 is 11.8. The highest BCUT2D eigenvalue weighted by Gasteiger charge is 2.36. The largest absolute Gasteiger partial charge is 0.494 e. The highest BCUT2D eigenvalue weighted by molar-refractivity contribution is 5.79. The maximum atomic E-state index is 12.0. The van der Waals surface area contributed by atoms with Crippen LogP contribution >= 0.6 is 0 Å². The number of hydrogen-bond donors (Lipinski definition) is 1. The molecule has 0 radical (unpaired) electrons. The topological polar surface area (TPSA) is 55.8 Å². The van der Waals surface area contributed by atoms with Crippen molar-refractivity contribution in [3.8, 4) is 16.9 Å². The molecule has 0 heterocycles. The molecule has 3 aromatic carbocycles. The van der Waals surface area contributed by atoms with Crippen LogP contribution in [0.15, 0.2) is 72.8 Å². The quantitative estimate of drug-likeness (QED) is 0.235. The second kappa shape index (κ2) is 12.2. The number of rotatable bonds is 14. The van der Waals surface area contributed by atoms with Gasteiger partial charge in [-0.25, -0.2) is 4.79 Å². The minimum atomic E-state index is -1.35. The van der Waals surface area contributed by atoms with Gasteiger partial charge in [0.25, 0.3) is 0 Å². The van der Waals surface area contributed by atoms with Gasteiger partial charge in [-0.1, -0.05) is 86.8 Å². The Bertz CT molecular complexity index is 1090. The molecule has 1 aliphatic carbocycles. The van der Waals surface area contributed by atoms with Crippen LogP contribution in [-0.4, -0.2) is 24.3 Å². The summed E-state index contributed by atoms with van der Waals surface area (Å²) in [5.74, 6) is 0.236. The molecule has 0 aliphatic heterocycles. The molecule has 0 fully saturated rings. The smallest absolute Gasteiger partial charge is 0.340 e. The summed E-state index contributed by atoms with van der Waals surface area (Å²) in [7, 11) is 0. The maximum absolute atomic E-state index is 12.0.